The van der Waals surface area contributed by atoms with Gasteiger partial charge in [-0.05, 0) is 47.7 Å². The van der Waals surface area contributed by atoms with Gasteiger partial charge in [0.05, 0.1) is 12.0 Å². The van der Waals surface area contributed by atoms with Crippen molar-refractivity contribution in [1.82, 2.24) is 14.5 Å². The van der Waals surface area contributed by atoms with E-state index >= 15 is 0 Å². The van der Waals surface area contributed by atoms with E-state index in [0.29, 0.717) is 37.2 Å². The molecule has 0 aliphatic carbocycles. The van der Waals surface area contributed by atoms with Crippen LogP contribution in [-0.2, 0) is 39.1 Å². The second-order valence-corrected chi connectivity index (χ2v) is 10.4. The lowest BCUT2D eigenvalue weighted by atomic mass is 10.1. The van der Waals surface area contributed by atoms with Gasteiger partial charge in [-0.1, -0.05) is 24.3 Å². The molecule has 1 saturated heterocycles. The molecule has 0 atom stereocenters. The summed E-state index contributed by atoms with van der Waals surface area (Å²) in [6, 6.07) is 12.5. The molecular formula is C24H31N3O5S. The van der Waals surface area contributed by atoms with Crippen molar-refractivity contribution in [3.63, 3.8) is 0 Å². The number of hydrogen-bond acceptors (Lipinski definition) is 5. The average molecular weight is 474 g/mol. The van der Waals surface area contributed by atoms with Crippen molar-refractivity contribution in [2.75, 3.05) is 27.7 Å². The average Bonchev–Trinajstić information content (AvgIpc) is 3.21. The number of nitrogens with zero attached hydrogens (tertiary/aromatic N) is 2. The highest BCUT2D eigenvalue weighted by atomic mass is 32.2. The number of carbonyl (C=O) groups is 2. The zero-order valence-corrected chi connectivity index (χ0v) is 20.2. The molecule has 1 aliphatic rings. The predicted molar refractivity (Wildman–Crippen MR) is 125 cm³/mol. The molecule has 8 nitrogen and oxygen atoms in total. The maximum Gasteiger partial charge on any atom is 0.242 e. The summed E-state index contributed by atoms with van der Waals surface area (Å²) in [5.74, 6) is 0.616. The van der Waals surface area contributed by atoms with Crippen molar-refractivity contribution in [3.8, 4) is 5.75 Å². The Balaban J connectivity index is 1.53. The molecular weight excluding hydrogens is 442 g/mol. The molecule has 9 heteroatoms. The second kappa shape index (κ2) is 10.8. The number of hydrogen-bond donors (Lipinski definition) is 1. The van der Waals surface area contributed by atoms with Crippen molar-refractivity contribution >= 4 is 21.8 Å². The number of amides is 2. The van der Waals surface area contributed by atoms with Crippen LogP contribution in [0.4, 0.5) is 0 Å². The van der Waals surface area contributed by atoms with Crippen molar-refractivity contribution in [1.29, 1.82) is 0 Å². The van der Waals surface area contributed by atoms with Gasteiger partial charge < -0.3 is 15.0 Å². The van der Waals surface area contributed by atoms with E-state index in [1.165, 1.54) is 27.3 Å². The van der Waals surface area contributed by atoms with Gasteiger partial charge in [-0.25, -0.2) is 12.7 Å². The van der Waals surface area contributed by atoms with Crippen molar-refractivity contribution in [2.45, 2.75) is 43.7 Å². The maximum atomic E-state index is 12.4. The lowest BCUT2D eigenvalue weighted by Crippen LogP contribution is -2.24. The summed E-state index contributed by atoms with van der Waals surface area (Å²) in [5.41, 5.74) is 2.70. The van der Waals surface area contributed by atoms with Crippen molar-refractivity contribution < 1.29 is 22.7 Å². The summed E-state index contributed by atoms with van der Waals surface area (Å²) in [6.45, 7) is 1.83. The fourth-order valence-corrected chi connectivity index (χ4v) is 4.67. The highest BCUT2D eigenvalue weighted by molar-refractivity contribution is 7.89. The maximum absolute atomic E-state index is 12.4. The van der Waals surface area contributed by atoms with E-state index in [0.717, 1.165) is 28.4 Å². The van der Waals surface area contributed by atoms with E-state index in [-0.39, 0.29) is 23.1 Å². The van der Waals surface area contributed by atoms with Gasteiger partial charge in [0, 0.05) is 46.6 Å². The highest BCUT2D eigenvalue weighted by Crippen LogP contribution is 2.25. The standard InChI is InChI=1S/C24H31N3O5S/c1-26(2)33(30,31)21-11-12-22(32-3)20(15-21)10-13-23(28)25-16-18-6-8-19(9-7-18)17-27-14-4-5-24(27)29/h6-9,11-12,15H,4-5,10,13-14,16-17H2,1-3H3,(H,25,28). The van der Waals surface area contributed by atoms with Gasteiger partial charge in [0.15, 0.2) is 0 Å². The lowest BCUT2D eigenvalue weighted by molar-refractivity contribution is -0.128. The topological polar surface area (TPSA) is 96.0 Å². The normalized spacial score (nSPS) is 14.1. The quantitative estimate of drug-likeness (QED) is 0.571. The van der Waals surface area contributed by atoms with Crippen LogP contribution in [0.5, 0.6) is 5.75 Å². The van der Waals surface area contributed by atoms with Gasteiger partial charge in [-0.3, -0.25) is 9.59 Å². The van der Waals surface area contributed by atoms with E-state index in [9.17, 15) is 18.0 Å². The Hall–Kier alpha value is -2.91. The number of nitrogens with one attached hydrogen (secondary N) is 1. The van der Waals surface area contributed by atoms with E-state index in [4.69, 9.17) is 4.74 Å². The summed E-state index contributed by atoms with van der Waals surface area (Å²) in [6.07, 6.45) is 2.11. The van der Waals surface area contributed by atoms with E-state index in [1.807, 2.05) is 29.2 Å². The molecule has 2 aromatic carbocycles. The molecule has 0 aromatic heterocycles. The van der Waals surface area contributed by atoms with Crippen LogP contribution < -0.4 is 10.1 Å². The zero-order valence-electron chi connectivity index (χ0n) is 19.3. The first-order chi connectivity index (χ1) is 15.7. The first kappa shape index (κ1) is 24.7. The molecule has 0 unspecified atom stereocenters. The predicted octanol–water partition coefficient (Wildman–Crippen LogP) is 2.32. The SMILES string of the molecule is COc1ccc(S(=O)(=O)N(C)C)cc1CCC(=O)NCc1ccc(CN2CCCC2=O)cc1. The third-order valence-corrected chi connectivity index (χ3v) is 7.52. The summed E-state index contributed by atoms with van der Waals surface area (Å²) >= 11 is 0. The Morgan fingerprint density at radius 1 is 1.12 bits per heavy atom. The molecule has 33 heavy (non-hydrogen) atoms. The van der Waals surface area contributed by atoms with E-state index in [2.05, 4.69) is 5.32 Å². The smallest absolute Gasteiger partial charge is 0.242 e. The molecule has 0 saturated carbocycles. The summed E-state index contributed by atoms with van der Waals surface area (Å²) in [7, 11) is 0.903. The van der Waals surface area contributed by atoms with Gasteiger partial charge in [-0.15, -0.1) is 0 Å². The molecule has 3 rings (SSSR count). The summed E-state index contributed by atoms with van der Waals surface area (Å²) in [4.78, 5) is 26.2. The van der Waals surface area contributed by atoms with Crippen LogP contribution in [0.2, 0.25) is 0 Å². The molecule has 2 amide bonds. The van der Waals surface area contributed by atoms with Crippen LogP contribution in [0.1, 0.15) is 36.0 Å². The van der Waals surface area contributed by atoms with E-state index in [1.54, 1.807) is 12.1 Å². The third-order valence-electron chi connectivity index (χ3n) is 5.71. The second-order valence-electron chi connectivity index (χ2n) is 8.27. The molecule has 178 valence electrons. The number of sulfonamides is 1. The minimum atomic E-state index is -3.57. The van der Waals surface area contributed by atoms with Crippen LogP contribution in [0.15, 0.2) is 47.4 Å². The summed E-state index contributed by atoms with van der Waals surface area (Å²) < 4.78 is 31.3. The van der Waals surface area contributed by atoms with Crippen LogP contribution in [0, 0.1) is 0 Å². The van der Waals surface area contributed by atoms with Crippen LogP contribution in [0.25, 0.3) is 0 Å². The number of aryl methyl sites for hydroxylation is 1. The van der Waals surface area contributed by atoms with Gasteiger partial charge in [0.25, 0.3) is 0 Å². The highest BCUT2D eigenvalue weighted by Gasteiger charge is 2.20. The molecule has 1 heterocycles. The first-order valence-electron chi connectivity index (χ1n) is 10.9. The number of rotatable bonds is 10. The molecule has 1 N–H and O–H groups in total. The Kier molecular flexibility index (Phi) is 8.10. The minimum Gasteiger partial charge on any atom is -0.496 e. The van der Waals surface area contributed by atoms with Gasteiger partial charge in [0.1, 0.15) is 5.75 Å². The van der Waals surface area contributed by atoms with Crippen molar-refractivity contribution in [3.05, 3.63) is 59.2 Å². The number of ether oxygens (including phenoxy) is 1. The van der Waals surface area contributed by atoms with Gasteiger partial charge in [0.2, 0.25) is 21.8 Å². The molecule has 1 fully saturated rings. The zero-order chi connectivity index (χ0) is 24.0. The number of likely N-dealkylation sites (tertiary alicyclic amines) is 1. The molecule has 0 radical (unpaired) electrons. The van der Waals surface area contributed by atoms with Gasteiger partial charge in [-0.2, -0.15) is 0 Å². The monoisotopic (exact) mass is 473 g/mol. The third kappa shape index (κ3) is 6.33. The Bertz CT molecular complexity index is 1100. The Labute approximate surface area is 195 Å². The first-order valence-corrected chi connectivity index (χ1v) is 12.4. The fourth-order valence-electron chi connectivity index (χ4n) is 3.71. The Morgan fingerprint density at radius 3 is 2.42 bits per heavy atom. The fraction of sp³-hybridized carbons (Fsp3) is 0.417. The molecule has 0 bridgehead atoms. The van der Waals surface area contributed by atoms with Crippen LogP contribution >= 0.6 is 0 Å². The van der Waals surface area contributed by atoms with Gasteiger partial charge >= 0.3 is 0 Å². The lowest BCUT2D eigenvalue weighted by Gasteiger charge is -2.16. The minimum absolute atomic E-state index is 0.135. The molecule has 1 aliphatic heterocycles. The van der Waals surface area contributed by atoms with Crippen LogP contribution in [0.3, 0.4) is 0 Å². The molecule has 2 aromatic rings. The molecule has 0 spiro atoms. The van der Waals surface area contributed by atoms with Crippen LogP contribution in [-0.4, -0.2) is 57.2 Å². The van der Waals surface area contributed by atoms with E-state index < -0.39 is 10.0 Å². The Morgan fingerprint density at radius 2 is 1.82 bits per heavy atom. The largest absolute Gasteiger partial charge is 0.496 e. The summed E-state index contributed by atoms with van der Waals surface area (Å²) in [5, 5.41) is 2.90. The number of carbonyl (C=O) groups excluding carboxylic acids is 2. The van der Waals surface area contributed by atoms with Crippen molar-refractivity contribution in [2.24, 2.45) is 0 Å². The number of benzene rings is 2. The number of methoxy groups -OCH3 is 1.